The first-order valence-corrected chi connectivity index (χ1v) is 6.41. The van der Waals surface area contributed by atoms with Crippen LogP contribution in [0.5, 0.6) is 0 Å². The van der Waals surface area contributed by atoms with Gasteiger partial charge in [-0.15, -0.1) is 24.0 Å². The van der Waals surface area contributed by atoms with Crippen LogP contribution in [0.4, 0.5) is 5.82 Å². The zero-order valence-electron chi connectivity index (χ0n) is 12.0. The van der Waals surface area contributed by atoms with Crippen molar-refractivity contribution in [3.05, 3.63) is 23.9 Å². The van der Waals surface area contributed by atoms with Crippen molar-refractivity contribution in [2.24, 2.45) is 10.7 Å². The molecule has 1 aromatic rings. The third kappa shape index (κ3) is 4.78. The van der Waals surface area contributed by atoms with Crippen molar-refractivity contribution in [2.45, 2.75) is 6.54 Å². The van der Waals surface area contributed by atoms with Crippen LogP contribution in [-0.2, 0) is 11.3 Å². The number of hydrogen-bond donors (Lipinski definition) is 1. The van der Waals surface area contributed by atoms with Crippen molar-refractivity contribution in [1.82, 2.24) is 9.88 Å². The number of halogens is 1. The number of nitrogens with zero attached hydrogens (tertiary/aromatic N) is 4. The third-order valence-electron chi connectivity index (χ3n) is 3.03. The van der Waals surface area contributed by atoms with Crippen LogP contribution < -0.4 is 10.6 Å². The molecule has 0 unspecified atom stereocenters. The van der Waals surface area contributed by atoms with E-state index in [1.807, 2.05) is 31.1 Å². The van der Waals surface area contributed by atoms with Gasteiger partial charge in [0.1, 0.15) is 5.82 Å². The van der Waals surface area contributed by atoms with E-state index in [-0.39, 0.29) is 24.0 Å². The van der Waals surface area contributed by atoms with Gasteiger partial charge in [-0.1, -0.05) is 0 Å². The summed E-state index contributed by atoms with van der Waals surface area (Å²) >= 11 is 0. The number of morpholine rings is 1. The fourth-order valence-electron chi connectivity index (χ4n) is 1.87. The lowest BCUT2D eigenvalue weighted by Crippen LogP contribution is -2.44. The topological polar surface area (TPSA) is 67.0 Å². The lowest BCUT2D eigenvalue weighted by molar-refractivity contribution is 0.0674. The second-order valence-electron chi connectivity index (χ2n) is 4.69. The number of ether oxygens (including phenoxy) is 1. The smallest absolute Gasteiger partial charge is 0.191 e. The number of rotatable bonds is 3. The Morgan fingerprint density at radius 2 is 2.15 bits per heavy atom. The Kier molecular flexibility index (Phi) is 7.00. The molecule has 1 aliphatic rings. The van der Waals surface area contributed by atoms with Crippen molar-refractivity contribution in [3.63, 3.8) is 0 Å². The second kappa shape index (κ2) is 8.25. The third-order valence-corrected chi connectivity index (χ3v) is 3.03. The van der Waals surface area contributed by atoms with Gasteiger partial charge in [0.2, 0.25) is 0 Å². The molecular formula is C13H22IN5O. The van der Waals surface area contributed by atoms with E-state index in [0.29, 0.717) is 12.5 Å². The lowest BCUT2D eigenvalue weighted by Gasteiger charge is -2.27. The highest BCUT2D eigenvalue weighted by Gasteiger charge is 2.11. The first-order chi connectivity index (χ1) is 9.16. The van der Waals surface area contributed by atoms with Gasteiger partial charge in [0.05, 0.1) is 19.8 Å². The Labute approximate surface area is 137 Å². The SMILES string of the molecule is CN(C)c1cc(CN=C(N)N2CCOCC2)ccn1.I. The van der Waals surface area contributed by atoms with Crippen LogP contribution in [0.2, 0.25) is 0 Å². The van der Waals surface area contributed by atoms with E-state index in [2.05, 4.69) is 14.9 Å². The average Bonchev–Trinajstić information content (AvgIpc) is 2.46. The Morgan fingerprint density at radius 3 is 2.80 bits per heavy atom. The molecule has 0 radical (unpaired) electrons. The van der Waals surface area contributed by atoms with E-state index in [4.69, 9.17) is 10.5 Å². The number of nitrogens with two attached hydrogens (primary N) is 1. The van der Waals surface area contributed by atoms with Crippen LogP contribution in [0.1, 0.15) is 5.56 Å². The van der Waals surface area contributed by atoms with E-state index < -0.39 is 0 Å². The summed E-state index contributed by atoms with van der Waals surface area (Å²) in [4.78, 5) is 12.7. The van der Waals surface area contributed by atoms with Gasteiger partial charge in [0.15, 0.2) is 5.96 Å². The summed E-state index contributed by atoms with van der Waals surface area (Å²) in [5, 5.41) is 0. The molecule has 2 rings (SSSR count). The minimum Gasteiger partial charge on any atom is -0.378 e. The highest BCUT2D eigenvalue weighted by Crippen LogP contribution is 2.10. The Morgan fingerprint density at radius 1 is 1.45 bits per heavy atom. The lowest BCUT2D eigenvalue weighted by atomic mass is 10.2. The van der Waals surface area contributed by atoms with Gasteiger partial charge in [-0.3, -0.25) is 0 Å². The van der Waals surface area contributed by atoms with Gasteiger partial charge in [0, 0.05) is 33.4 Å². The Balaban J connectivity index is 0.00000200. The van der Waals surface area contributed by atoms with Gasteiger partial charge in [-0.2, -0.15) is 0 Å². The predicted octanol–water partition coefficient (Wildman–Crippen LogP) is 0.912. The zero-order chi connectivity index (χ0) is 13.7. The molecule has 1 fully saturated rings. The maximum Gasteiger partial charge on any atom is 0.191 e. The van der Waals surface area contributed by atoms with E-state index in [1.54, 1.807) is 6.20 Å². The summed E-state index contributed by atoms with van der Waals surface area (Å²) in [6.07, 6.45) is 1.80. The second-order valence-corrected chi connectivity index (χ2v) is 4.69. The summed E-state index contributed by atoms with van der Waals surface area (Å²) in [5.74, 6) is 1.52. The molecule has 0 atom stereocenters. The molecule has 112 valence electrons. The van der Waals surface area contributed by atoms with Crippen molar-refractivity contribution in [2.75, 3.05) is 45.3 Å². The number of guanidine groups is 1. The molecule has 0 saturated carbocycles. The molecule has 7 heteroatoms. The quantitative estimate of drug-likeness (QED) is 0.472. The Hall–Kier alpha value is -1.09. The number of hydrogen-bond acceptors (Lipinski definition) is 4. The van der Waals surface area contributed by atoms with Crippen LogP contribution in [0.3, 0.4) is 0 Å². The van der Waals surface area contributed by atoms with Crippen LogP contribution in [-0.4, -0.2) is 56.2 Å². The van der Waals surface area contributed by atoms with Crippen molar-refractivity contribution < 1.29 is 4.74 Å². The summed E-state index contributed by atoms with van der Waals surface area (Å²) in [6, 6.07) is 3.99. The molecule has 0 aliphatic carbocycles. The molecule has 1 aromatic heterocycles. The fraction of sp³-hybridized carbons (Fsp3) is 0.538. The van der Waals surface area contributed by atoms with E-state index in [9.17, 15) is 0 Å². The van der Waals surface area contributed by atoms with E-state index >= 15 is 0 Å². The van der Waals surface area contributed by atoms with Crippen molar-refractivity contribution in [1.29, 1.82) is 0 Å². The van der Waals surface area contributed by atoms with Gasteiger partial charge < -0.3 is 20.3 Å². The average molecular weight is 391 g/mol. The molecular weight excluding hydrogens is 369 g/mol. The first kappa shape index (κ1) is 17.0. The van der Waals surface area contributed by atoms with Gasteiger partial charge in [0.25, 0.3) is 0 Å². The van der Waals surface area contributed by atoms with Gasteiger partial charge >= 0.3 is 0 Å². The molecule has 6 nitrogen and oxygen atoms in total. The largest absolute Gasteiger partial charge is 0.378 e. The first-order valence-electron chi connectivity index (χ1n) is 6.41. The monoisotopic (exact) mass is 391 g/mol. The summed E-state index contributed by atoms with van der Waals surface area (Å²) < 4.78 is 5.29. The molecule has 20 heavy (non-hydrogen) atoms. The molecule has 2 heterocycles. The van der Waals surface area contributed by atoms with Gasteiger partial charge in [-0.05, 0) is 17.7 Å². The minimum absolute atomic E-state index is 0. The predicted molar refractivity (Wildman–Crippen MR) is 91.7 cm³/mol. The number of aromatic nitrogens is 1. The summed E-state index contributed by atoms with van der Waals surface area (Å²) in [7, 11) is 3.94. The normalized spacial score (nSPS) is 15.7. The molecule has 0 bridgehead atoms. The van der Waals surface area contributed by atoms with Crippen LogP contribution in [0, 0.1) is 0 Å². The van der Waals surface area contributed by atoms with Crippen molar-refractivity contribution >= 4 is 35.8 Å². The molecule has 0 amide bonds. The van der Waals surface area contributed by atoms with E-state index in [0.717, 1.165) is 37.7 Å². The van der Waals surface area contributed by atoms with Crippen LogP contribution in [0.25, 0.3) is 0 Å². The van der Waals surface area contributed by atoms with Gasteiger partial charge in [-0.25, -0.2) is 9.98 Å². The highest BCUT2D eigenvalue weighted by molar-refractivity contribution is 14.0. The van der Waals surface area contributed by atoms with Crippen LogP contribution in [0.15, 0.2) is 23.3 Å². The van der Waals surface area contributed by atoms with Crippen LogP contribution >= 0.6 is 24.0 Å². The maximum atomic E-state index is 5.99. The minimum atomic E-state index is 0. The number of anilines is 1. The summed E-state index contributed by atoms with van der Waals surface area (Å²) in [5.41, 5.74) is 7.09. The Bertz CT molecular complexity index is 446. The molecule has 1 saturated heterocycles. The summed E-state index contributed by atoms with van der Waals surface area (Å²) in [6.45, 7) is 3.64. The standard InChI is InChI=1S/C13H21N5O.HI/c1-17(2)12-9-11(3-4-15-12)10-16-13(14)18-5-7-19-8-6-18;/h3-4,9H,5-8,10H2,1-2H3,(H2,14,16);1H. The molecule has 0 aromatic carbocycles. The van der Waals surface area contributed by atoms with Crippen molar-refractivity contribution in [3.8, 4) is 0 Å². The molecule has 2 N–H and O–H groups in total. The number of pyridine rings is 1. The van der Waals surface area contributed by atoms with E-state index in [1.165, 1.54) is 0 Å². The maximum absolute atomic E-state index is 5.99. The molecule has 1 aliphatic heterocycles. The molecule has 0 spiro atoms. The fourth-order valence-corrected chi connectivity index (χ4v) is 1.87. The highest BCUT2D eigenvalue weighted by atomic mass is 127. The number of aliphatic imine (C=N–C) groups is 1. The zero-order valence-corrected chi connectivity index (χ0v) is 14.3.